The highest BCUT2D eigenvalue weighted by Gasteiger charge is 2.23. The molecule has 0 aromatic carbocycles. The minimum Gasteiger partial charge on any atom is -0.385 e. The summed E-state index contributed by atoms with van der Waals surface area (Å²) in [6.07, 6.45) is 8.85. The second kappa shape index (κ2) is 11.4. The van der Waals surface area contributed by atoms with E-state index >= 15 is 0 Å². The summed E-state index contributed by atoms with van der Waals surface area (Å²) >= 11 is 0. The van der Waals surface area contributed by atoms with E-state index in [1.807, 2.05) is 6.08 Å². The molecule has 0 aromatic rings. The first-order chi connectivity index (χ1) is 8.62. The van der Waals surface area contributed by atoms with Gasteiger partial charge in [0.2, 0.25) is 0 Å². The Kier molecular flexibility index (Phi) is 10.9. The smallest absolute Gasteiger partial charge is 0.268 e. The van der Waals surface area contributed by atoms with E-state index in [2.05, 4.69) is 6.08 Å². The van der Waals surface area contributed by atoms with Crippen molar-refractivity contribution in [3.8, 4) is 0 Å². The maximum absolute atomic E-state index is 13.0. The average molecular weight is 262 g/mol. The van der Waals surface area contributed by atoms with Crippen LogP contribution in [0.15, 0.2) is 24.3 Å². The fraction of sp³-hybridized carbons (Fsp3) is 0.714. The molecule has 0 aliphatic carbocycles. The van der Waals surface area contributed by atoms with Gasteiger partial charge in [0.25, 0.3) is 5.92 Å². The van der Waals surface area contributed by atoms with Crippen LogP contribution in [0.1, 0.15) is 32.6 Å². The number of methoxy groups -OCH3 is 1. The van der Waals surface area contributed by atoms with E-state index in [0.717, 1.165) is 31.9 Å². The third-order valence-corrected chi connectivity index (χ3v) is 2.30. The Morgan fingerprint density at radius 3 is 2.44 bits per heavy atom. The first kappa shape index (κ1) is 17.3. The third-order valence-electron chi connectivity index (χ3n) is 2.30. The SMILES string of the molecule is C/C=C/C(F)(F)CCOCC/C=C/CCCOC. The molecule has 0 bridgehead atoms. The fourth-order valence-corrected chi connectivity index (χ4v) is 1.37. The molecule has 0 rings (SSSR count). The van der Waals surface area contributed by atoms with Gasteiger partial charge in [0.05, 0.1) is 13.2 Å². The van der Waals surface area contributed by atoms with E-state index in [1.54, 1.807) is 14.0 Å². The lowest BCUT2D eigenvalue weighted by Gasteiger charge is -2.11. The van der Waals surface area contributed by atoms with Gasteiger partial charge in [0.15, 0.2) is 0 Å². The van der Waals surface area contributed by atoms with Crippen molar-refractivity contribution in [2.75, 3.05) is 26.9 Å². The maximum atomic E-state index is 13.0. The first-order valence-electron chi connectivity index (χ1n) is 6.35. The van der Waals surface area contributed by atoms with Crippen molar-refractivity contribution in [2.45, 2.75) is 38.5 Å². The largest absolute Gasteiger partial charge is 0.385 e. The Bertz CT molecular complexity index is 238. The summed E-state index contributed by atoms with van der Waals surface area (Å²) in [5, 5.41) is 0. The van der Waals surface area contributed by atoms with Gasteiger partial charge in [-0.2, -0.15) is 0 Å². The van der Waals surface area contributed by atoms with E-state index in [9.17, 15) is 8.78 Å². The minimum absolute atomic E-state index is 0.0921. The summed E-state index contributed by atoms with van der Waals surface area (Å²) in [4.78, 5) is 0. The molecule has 0 spiro atoms. The Morgan fingerprint density at radius 2 is 1.78 bits per heavy atom. The number of hydrogen-bond donors (Lipinski definition) is 0. The highest BCUT2D eigenvalue weighted by Crippen LogP contribution is 2.19. The molecule has 106 valence electrons. The van der Waals surface area contributed by atoms with E-state index in [0.29, 0.717) is 6.61 Å². The first-order valence-corrected chi connectivity index (χ1v) is 6.35. The second-order valence-electron chi connectivity index (χ2n) is 4.02. The Labute approximate surface area is 109 Å². The second-order valence-corrected chi connectivity index (χ2v) is 4.02. The van der Waals surface area contributed by atoms with Crippen molar-refractivity contribution >= 4 is 0 Å². The van der Waals surface area contributed by atoms with Gasteiger partial charge in [0, 0.05) is 20.1 Å². The molecular weight excluding hydrogens is 238 g/mol. The zero-order valence-corrected chi connectivity index (χ0v) is 11.3. The molecule has 0 aromatic heterocycles. The summed E-state index contributed by atoms with van der Waals surface area (Å²) in [6, 6.07) is 0. The topological polar surface area (TPSA) is 18.5 Å². The molecule has 0 atom stereocenters. The van der Waals surface area contributed by atoms with Crippen LogP contribution in [0, 0.1) is 0 Å². The summed E-state index contributed by atoms with van der Waals surface area (Å²) in [5.74, 6) is -2.75. The Balaban J connectivity index is 3.35. The van der Waals surface area contributed by atoms with Crippen LogP contribution in [-0.2, 0) is 9.47 Å². The number of alkyl halides is 2. The van der Waals surface area contributed by atoms with Crippen molar-refractivity contribution in [1.29, 1.82) is 0 Å². The number of halogens is 2. The molecule has 4 heteroatoms. The molecule has 0 amide bonds. The van der Waals surface area contributed by atoms with Gasteiger partial charge in [-0.3, -0.25) is 0 Å². The van der Waals surface area contributed by atoms with Gasteiger partial charge >= 0.3 is 0 Å². The van der Waals surface area contributed by atoms with Gasteiger partial charge in [-0.25, -0.2) is 8.78 Å². The van der Waals surface area contributed by atoms with Crippen LogP contribution in [0.25, 0.3) is 0 Å². The molecule has 0 saturated carbocycles. The highest BCUT2D eigenvalue weighted by molar-refractivity contribution is 4.92. The third kappa shape index (κ3) is 11.7. The summed E-state index contributed by atoms with van der Waals surface area (Å²) in [6.45, 7) is 2.94. The van der Waals surface area contributed by atoms with Crippen LogP contribution in [-0.4, -0.2) is 32.9 Å². The van der Waals surface area contributed by atoms with Crippen molar-refractivity contribution in [2.24, 2.45) is 0 Å². The number of hydrogen-bond acceptors (Lipinski definition) is 2. The zero-order valence-electron chi connectivity index (χ0n) is 11.3. The van der Waals surface area contributed by atoms with Crippen LogP contribution in [0.3, 0.4) is 0 Å². The highest BCUT2D eigenvalue weighted by atomic mass is 19.3. The number of unbranched alkanes of at least 4 members (excludes halogenated alkanes) is 1. The Hall–Kier alpha value is -0.740. The van der Waals surface area contributed by atoms with E-state index in [4.69, 9.17) is 9.47 Å². The van der Waals surface area contributed by atoms with Gasteiger partial charge in [-0.05, 0) is 32.3 Å². The molecule has 0 N–H and O–H groups in total. The lowest BCUT2D eigenvalue weighted by Crippen LogP contribution is -2.15. The lowest BCUT2D eigenvalue weighted by molar-refractivity contribution is 0.00946. The van der Waals surface area contributed by atoms with Crippen LogP contribution in [0.5, 0.6) is 0 Å². The molecule has 0 aliphatic heterocycles. The average Bonchev–Trinajstić information content (AvgIpc) is 2.31. The summed E-state index contributed by atoms with van der Waals surface area (Å²) in [7, 11) is 1.68. The zero-order chi connectivity index (χ0) is 13.7. The number of rotatable bonds is 11. The van der Waals surface area contributed by atoms with Crippen molar-refractivity contribution in [3.63, 3.8) is 0 Å². The van der Waals surface area contributed by atoms with Gasteiger partial charge < -0.3 is 9.47 Å². The van der Waals surface area contributed by atoms with Crippen molar-refractivity contribution in [1.82, 2.24) is 0 Å². The summed E-state index contributed by atoms with van der Waals surface area (Å²) in [5.41, 5.74) is 0. The van der Waals surface area contributed by atoms with Crippen molar-refractivity contribution in [3.05, 3.63) is 24.3 Å². The molecule has 2 nitrogen and oxygen atoms in total. The lowest BCUT2D eigenvalue weighted by atomic mass is 10.2. The number of ether oxygens (including phenoxy) is 2. The van der Waals surface area contributed by atoms with Crippen molar-refractivity contribution < 1.29 is 18.3 Å². The predicted octanol–water partition coefficient (Wildman–Crippen LogP) is 3.98. The number of allylic oxidation sites excluding steroid dienone is 3. The fourth-order valence-electron chi connectivity index (χ4n) is 1.37. The Morgan fingerprint density at radius 1 is 1.06 bits per heavy atom. The molecule has 0 heterocycles. The van der Waals surface area contributed by atoms with Gasteiger partial charge in [0.1, 0.15) is 0 Å². The predicted molar refractivity (Wildman–Crippen MR) is 70.1 cm³/mol. The normalized spacial score (nSPS) is 12.9. The summed E-state index contributed by atoms with van der Waals surface area (Å²) < 4.78 is 36.0. The molecule has 0 aliphatic rings. The van der Waals surface area contributed by atoms with Gasteiger partial charge in [-0.1, -0.05) is 18.2 Å². The quantitative estimate of drug-likeness (QED) is 0.414. The van der Waals surface area contributed by atoms with E-state index < -0.39 is 5.92 Å². The van der Waals surface area contributed by atoms with E-state index in [-0.39, 0.29) is 13.0 Å². The molecule has 0 saturated heterocycles. The molecule has 0 unspecified atom stereocenters. The maximum Gasteiger partial charge on any atom is 0.268 e. The monoisotopic (exact) mass is 262 g/mol. The van der Waals surface area contributed by atoms with Crippen LogP contribution in [0.2, 0.25) is 0 Å². The van der Waals surface area contributed by atoms with Crippen LogP contribution >= 0.6 is 0 Å². The van der Waals surface area contributed by atoms with Crippen LogP contribution < -0.4 is 0 Å². The van der Waals surface area contributed by atoms with Gasteiger partial charge in [-0.15, -0.1) is 0 Å². The molecule has 0 radical (unpaired) electrons. The molecular formula is C14H24F2O2. The molecule has 0 fully saturated rings. The minimum atomic E-state index is -2.75. The van der Waals surface area contributed by atoms with Crippen LogP contribution in [0.4, 0.5) is 8.78 Å². The van der Waals surface area contributed by atoms with E-state index in [1.165, 1.54) is 6.08 Å². The standard InChI is InChI=1S/C14H24F2O2/c1-3-9-14(15,16)10-13-18-12-8-6-4-5-7-11-17-2/h3-4,6,9H,5,7-8,10-13H2,1-2H3/b6-4+,9-3+. The molecule has 18 heavy (non-hydrogen) atoms.